The summed E-state index contributed by atoms with van der Waals surface area (Å²) in [6.45, 7) is 12.1. The summed E-state index contributed by atoms with van der Waals surface area (Å²) < 4.78 is 39.3. The van der Waals surface area contributed by atoms with E-state index in [2.05, 4.69) is 40.7 Å². The van der Waals surface area contributed by atoms with Crippen LogP contribution in [0.3, 0.4) is 0 Å². The van der Waals surface area contributed by atoms with E-state index in [0.717, 1.165) is 18.4 Å². The highest BCUT2D eigenvalue weighted by atomic mass is 16.7. The molecule has 71 heavy (non-hydrogen) atoms. The van der Waals surface area contributed by atoms with Gasteiger partial charge in [0.1, 0.15) is 18.9 Å². The molecule has 0 spiro atoms. The zero-order chi connectivity index (χ0) is 50.3. The van der Waals surface area contributed by atoms with Crippen LogP contribution >= 0.6 is 0 Å². The number of benzene rings is 2. The molecule has 21 nitrogen and oxygen atoms in total. The number of aryl methyl sites for hydroxylation is 2. The Balaban J connectivity index is 0.895. The maximum Gasteiger partial charge on any atom is 0.416 e. The number of anilines is 4. The predicted octanol–water partition coefficient (Wildman–Crippen LogP) is 6.98. The molecule has 3 aliphatic rings. The van der Waals surface area contributed by atoms with Crippen LogP contribution in [0.25, 0.3) is 10.9 Å². The fraction of sp³-hybridized carbons (Fsp3) is 0.340. The first kappa shape index (κ1) is 49.3. The smallest absolute Gasteiger partial charge is 0.416 e. The lowest BCUT2D eigenvalue weighted by molar-refractivity contribution is -0.195. The Morgan fingerprint density at radius 1 is 0.915 bits per heavy atom. The van der Waals surface area contributed by atoms with Crippen molar-refractivity contribution < 1.29 is 57.2 Å². The van der Waals surface area contributed by atoms with Crippen LogP contribution in [0.4, 0.5) is 32.5 Å². The summed E-state index contributed by atoms with van der Waals surface area (Å²) in [6, 6.07) is 10.8. The Kier molecular flexibility index (Phi) is 15.0. The molecule has 5 amide bonds. The van der Waals surface area contributed by atoms with Gasteiger partial charge in [0, 0.05) is 69.4 Å². The maximum absolute atomic E-state index is 14.2. The molecule has 372 valence electrons. The Morgan fingerprint density at radius 3 is 2.48 bits per heavy atom. The SMILES string of the molecule is C=CCOC(=O)Nc1ccc2c(ccn2C(=O)c2cc(NC(=O)c3nc(NC(=O)CCCOc4cc5c(cc4OC)C(=O)N4CC(=C)C[C@H]4C(OC4CCCCO4)N5C(=O)OCC=C)cn3C)cn2C)c1. The zero-order valence-corrected chi connectivity index (χ0v) is 39.6. The van der Waals surface area contributed by atoms with Crippen molar-refractivity contribution in [3.05, 3.63) is 116 Å². The fourth-order valence-corrected chi connectivity index (χ4v) is 8.69. The molecule has 21 heteroatoms. The van der Waals surface area contributed by atoms with Gasteiger partial charge in [0.2, 0.25) is 11.7 Å². The van der Waals surface area contributed by atoms with Gasteiger partial charge in [-0.25, -0.2) is 19.5 Å². The molecule has 2 saturated heterocycles. The van der Waals surface area contributed by atoms with Gasteiger partial charge < -0.3 is 53.1 Å². The van der Waals surface area contributed by atoms with E-state index in [0.29, 0.717) is 41.7 Å². The van der Waals surface area contributed by atoms with Crippen LogP contribution in [-0.4, -0.2) is 118 Å². The normalized spacial score (nSPS) is 17.4. The third-order valence-electron chi connectivity index (χ3n) is 12.0. The Bertz CT molecular complexity index is 2910. The molecule has 3 aliphatic heterocycles. The second-order valence-electron chi connectivity index (χ2n) is 17.0. The summed E-state index contributed by atoms with van der Waals surface area (Å²) in [5.41, 5.74) is 2.87. The predicted molar refractivity (Wildman–Crippen MR) is 261 cm³/mol. The van der Waals surface area contributed by atoms with E-state index in [1.165, 1.54) is 51.6 Å². The molecule has 0 bridgehead atoms. The van der Waals surface area contributed by atoms with Crippen molar-refractivity contribution in [3.63, 3.8) is 0 Å². The highest BCUT2D eigenvalue weighted by Gasteiger charge is 2.48. The van der Waals surface area contributed by atoms with E-state index >= 15 is 0 Å². The molecule has 5 aromatic rings. The van der Waals surface area contributed by atoms with Crippen LogP contribution in [0.15, 0.2) is 98.5 Å². The number of imidazole rings is 1. The number of ether oxygens (including phenoxy) is 6. The molecule has 0 aliphatic carbocycles. The first-order chi connectivity index (χ1) is 34.3. The van der Waals surface area contributed by atoms with Gasteiger partial charge in [-0.05, 0) is 68.5 Å². The van der Waals surface area contributed by atoms with Crippen molar-refractivity contribution in [1.29, 1.82) is 0 Å². The average Bonchev–Trinajstić information content (AvgIpc) is 4.14. The van der Waals surface area contributed by atoms with Gasteiger partial charge in [0.05, 0.1) is 42.2 Å². The second kappa shape index (κ2) is 21.6. The summed E-state index contributed by atoms with van der Waals surface area (Å²) in [6.07, 6.45) is 7.61. The minimum Gasteiger partial charge on any atom is -0.493 e. The first-order valence-electron chi connectivity index (χ1n) is 22.9. The Morgan fingerprint density at radius 2 is 1.72 bits per heavy atom. The van der Waals surface area contributed by atoms with E-state index in [4.69, 9.17) is 28.4 Å². The zero-order valence-electron chi connectivity index (χ0n) is 39.6. The summed E-state index contributed by atoms with van der Waals surface area (Å²) in [5.74, 6) is -1.12. The van der Waals surface area contributed by atoms with Gasteiger partial charge in [-0.3, -0.25) is 29.1 Å². The van der Waals surface area contributed by atoms with Crippen molar-refractivity contribution >= 4 is 69.6 Å². The molecule has 0 radical (unpaired) electrons. The number of carbonyl (C=O) groups excluding carboxylic acids is 6. The number of fused-ring (bicyclic) bond motifs is 3. The second-order valence-corrected chi connectivity index (χ2v) is 17.0. The van der Waals surface area contributed by atoms with Gasteiger partial charge >= 0.3 is 12.2 Å². The van der Waals surface area contributed by atoms with Crippen LogP contribution in [-0.2, 0) is 37.8 Å². The molecule has 2 unspecified atom stereocenters. The van der Waals surface area contributed by atoms with E-state index in [-0.39, 0.29) is 91.1 Å². The first-order valence-corrected chi connectivity index (χ1v) is 22.9. The summed E-state index contributed by atoms with van der Waals surface area (Å²) in [7, 11) is 4.71. The average molecular weight is 974 g/mol. The lowest BCUT2D eigenvalue weighted by Crippen LogP contribution is -2.54. The van der Waals surface area contributed by atoms with Crippen molar-refractivity contribution in [2.24, 2.45) is 14.1 Å². The van der Waals surface area contributed by atoms with Gasteiger partial charge in [0.25, 0.3) is 17.7 Å². The van der Waals surface area contributed by atoms with Crippen LogP contribution in [0, 0.1) is 0 Å². The monoisotopic (exact) mass is 973 g/mol. The van der Waals surface area contributed by atoms with Gasteiger partial charge in [-0.2, -0.15) is 0 Å². The number of nitrogens with one attached hydrogen (secondary N) is 3. The van der Waals surface area contributed by atoms with E-state index in [1.807, 2.05) is 0 Å². The molecule has 6 heterocycles. The lowest BCUT2D eigenvalue weighted by Gasteiger charge is -2.38. The van der Waals surface area contributed by atoms with Crippen LogP contribution in [0.1, 0.15) is 70.0 Å². The number of rotatable bonds is 17. The number of carbonyl (C=O) groups is 6. The van der Waals surface area contributed by atoms with Crippen molar-refractivity contribution in [2.75, 3.05) is 60.9 Å². The highest BCUT2D eigenvalue weighted by molar-refractivity contribution is 6.07. The lowest BCUT2D eigenvalue weighted by atomic mass is 10.1. The Hall–Kier alpha value is -8.17. The number of aromatic nitrogens is 4. The van der Waals surface area contributed by atoms with Crippen LogP contribution in [0.2, 0.25) is 0 Å². The molecular formula is C50H55N9O12. The van der Waals surface area contributed by atoms with Gasteiger partial charge in [-0.15, -0.1) is 0 Å². The molecule has 3 atom stereocenters. The van der Waals surface area contributed by atoms with Crippen molar-refractivity contribution in [2.45, 2.75) is 57.1 Å². The number of methoxy groups -OCH3 is 1. The summed E-state index contributed by atoms with van der Waals surface area (Å²) in [4.78, 5) is 87.8. The topological polar surface area (TPSA) is 228 Å². The number of nitrogens with zero attached hydrogens (tertiary/aromatic N) is 6. The molecule has 8 rings (SSSR count). The quantitative estimate of drug-likeness (QED) is 0.0632. The van der Waals surface area contributed by atoms with E-state index < -0.39 is 42.6 Å². The summed E-state index contributed by atoms with van der Waals surface area (Å²) in [5, 5.41) is 8.83. The third-order valence-corrected chi connectivity index (χ3v) is 12.0. The van der Waals surface area contributed by atoms with E-state index in [1.54, 1.807) is 66.3 Å². The number of hydrogen-bond donors (Lipinski definition) is 3. The number of hydrogen-bond acceptors (Lipinski definition) is 13. The van der Waals surface area contributed by atoms with Crippen LogP contribution < -0.4 is 30.3 Å². The third kappa shape index (κ3) is 10.8. The van der Waals surface area contributed by atoms with Crippen molar-refractivity contribution in [3.8, 4) is 11.5 Å². The minimum atomic E-state index is -0.994. The van der Waals surface area contributed by atoms with Gasteiger partial charge in [0.15, 0.2) is 29.8 Å². The largest absolute Gasteiger partial charge is 0.493 e. The highest BCUT2D eigenvalue weighted by Crippen LogP contribution is 2.43. The minimum absolute atomic E-state index is 0.00195. The molecule has 0 saturated carbocycles. The van der Waals surface area contributed by atoms with E-state index in [9.17, 15) is 28.8 Å². The number of amides is 5. The molecule has 2 fully saturated rings. The Labute approximate surface area is 408 Å². The molecule has 2 aromatic carbocycles. The van der Waals surface area contributed by atoms with Crippen LogP contribution in [0.5, 0.6) is 11.5 Å². The fourth-order valence-electron chi connectivity index (χ4n) is 8.69. The van der Waals surface area contributed by atoms with Gasteiger partial charge in [-0.1, -0.05) is 37.5 Å². The standard InChI is InChI=1S/C50H55N9O12/c1-7-18-69-49(64)52-32-14-15-35-31(23-32)16-17-57(35)47(63)37-24-33(28-55(37)4)51-45(61)44-54-41(29-56(44)5)53-42(60)12-11-21-67-40-26-36-34(25-39(40)66-6)46(62)58-27-30(3)22-38(58)48(59(36)50(65)70-19-8-2)71-43-13-9-10-20-68-43/h7-8,14-17,23-26,28-29,38,43,48H,1-3,9-13,18-22,27H2,4-6H3,(H,51,61)(H,52,64)(H,53,60)/t38-,43?,48?/m0/s1. The molecular weight excluding hydrogens is 919 g/mol. The molecule has 3 aromatic heterocycles. The summed E-state index contributed by atoms with van der Waals surface area (Å²) >= 11 is 0. The molecule has 3 N–H and O–H groups in total. The van der Waals surface area contributed by atoms with Crippen molar-refractivity contribution in [1.82, 2.24) is 23.6 Å². The maximum atomic E-state index is 14.2.